The van der Waals surface area contributed by atoms with Crippen molar-refractivity contribution in [1.82, 2.24) is 0 Å². The first kappa shape index (κ1) is 13.5. The molecule has 0 saturated heterocycles. The number of rotatable bonds is 3. The molecule has 0 spiro atoms. The minimum atomic E-state index is 0.527. The molecule has 1 aliphatic rings. The third-order valence-corrected chi connectivity index (χ3v) is 4.27. The Labute approximate surface area is 115 Å². The lowest BCUT2D eigenvalue weighted by Crippen LogP contribution is -2.35. The monoisotopic (exact) mass is 266 g/mol. The maximum absolute atomic E-state index is 6.04. The molecule has 2 atom stereocenters. The maximum Gasteiger partial charge on any atom is 0.0591 e. The van der Waals surface area contributed by atoms with Crippen LogP contribution in [0.2, 0.25) is 5.02 Å². The van der Waals surface area contributed by atoms with Crippen LogP contribution >= 0.6 is 11.6 Å². The van der Waals surface area contributed by atoms with Gasteiger partial charge in [0.15, 0.2) is 0 Å². The Hall–Kier alpha value is -0.890. The van der Waals surface area contributed by atoms with Gasteiger partial charge in [-0.15, -0.1) is 0 Å². The van der Waals surface area contributed by atoms with Crippen molar-refractivity contribution in [1.29, 1.82) is 0 Å². The van der Waals surface area contributed by atoms with E-state index in [0.717, 1.165) is 22.3 Å². The van der Waals surface area contributed by atoms with E-state index in [9.17, 15) is 0 Å². The number of nitrogen functional groups attached to an aromatic ring is 1. The van der Waals surface area contributed by atoms with Crippen LogP contribution in [-0.4, -0.2) is 6.04 Å². The fourth-order valence-corrected chi connectivity index (χ4v) is 3.16. The Bertz CT molecular complexity index is 403. The molecule has 0 aliphatic heterocycles. The zero-order chi connectivity index (χ0) is 13.1. The molecule has 0 radical (unpaired) electrons. The van der Waals surface area contributed by atoms with Crippen LogP contribution in [-0.2, 0) is 0 Å². The van der Waals surface area contributed by atoms with E-state index in [0.29, 0.717) is 12.0 Å². The molecule has 1 aliphatic carbocycles. The van der Waals surface area contributed by atoms with Crippen molar-refractivity contribution in [3.05, 3.63) is 23.2 Å². The lowest BCUT2D eigenvalue weighted by Gasteiger charge is -2.35. The van der Waals surface area contributed by atoms with Crippen molar-refractivity contribution < 1.29 is 0 Å². The summed E-state index contributed by atoms with van der Waals surface area (Å²) in [5.74, 6) is 1.44. The molecule has 0 aromatic heterocycles. The minimum absolute atomic E-state index is 0.527. The SMILES string of the molecule is CC(C)C1CCCCC1Nc1cc(Cl)ccc1N. The zero-order valence-electron chi connectivity index (χ0n) is 11.2. The summed E-state index contributed by atoms with van der Waals surface area (Å²) < 4.78 is 0. The van der Waals surface area contributed by atoms with Gasteiger partial charge in [-0.3, -0.25) is 0 Å². The molecule has 1 saturated carbocycles. The molecule has 1 aromatic rings. The Kier molecular flexibility index (Phi) is 4.39. The Balaban J connectivity index is 2.13. The molecule has 2 unspecified atom stereocenters. The zero-order valence-corrected chi connectivity index (χ0v) is 12.0. The second-order valence-corrected chi connectivity index (χ2v) is 6.11. The van der Waals surface area contributed by atoms with Crippen LogP contribution < -0.4 is 11.1 Å². The molecule has 1 aromatic carbocycles. The molecule has 0 heterocycles. The standard InChI is InChI=1S/C15H23ClN2/c1-10(2)12-5-3-4-6-14(12)18-15-9-11(16)7-8-13(15)17/h7-10,12,14,18H,3-6,17H2,1-2H3. The molecular weight excluding hydrogens is 244 g/mol. The van der Waals surface area contributed by atoms with E-state index >= 15 is 0 Å². The summed E-state index contributed by atoms with van der Waals surface area (Å²) in [5, 5.41) is 4.35. The van der Waals surface area contributed by atoms with Crippen LogP contribution in [0.15, 0.2) is 18.2 Å². The number of hydrogen-bond donors (Lipinski definition) is 2. The van der Waals surface area contributed by atoms with Gasteiger partial charge in [-0.25, -0.2) is 0 Å². The fraction of sp³-hybridized carbons (Fsp3) is 0.600. The number of benzene rings is 1. The molecule has 0 amide bonds. The van der Waals surface area contributed by atoms with E-state index in [1.54, 1.807) is 0 Å². The Morgan fingerprint density at radius 1 is 1.28 bits per heavy atom. The molecule has 2 nitrogen and oxygen atoms in total. The van der Waals surface area contributed by atoms with Gasteiger partial charge in [-0.2, -0.15) is 0 Å². The molecule has 18 heavy (non-hydrogen) atoms. The van der Waals surface area contributed by atoms with Crippen molar-refractivity contribution in [3.8, 4) is 0 Å². The van der Waals surface area contributed by atoms with Gasteiger partial charge in [-0.1, -0.05) is 38.3 Å². The Morgan fingerprint density at radius 2 is 2.00 bits per heavy atom. The normalized spacial score (nSPS) is 24.2. The van der Waals surface area contributed by atoms with Gasteiger partial charge in [0.05, 0.1) is 11.4 Å². The highest BCUT2D eigenvalue weighted by atomic mass is 35.5. The van der Waals surface area contributed by atoms with Gasteiger partial charge in [0.25, 0.3) is 0 Å². The van der Waals surface area contributed by atoms with Gasteiger partial charge in [0.2, 0.25) is 0 Å². The minimum Gasteiger partial charge on any atom is -0.397 e. The quantitative estimate of drug-likeness (QED) is 0.788. The van der Waals surface area contributed by atoms with E-state index in [4.69, 9.17) is 17.3 Å². The summed E-state index contributed by atoms with van der Waals surface area (Å²) in [6.07, 6.45) is 5.21. The second-order valence-electron chi connectivity index (χ2n) is 5.67. The first-order valence-electron chi connectivity index (χ1n) is 6.89. The van der Waals surface area contributed by atoms with E-state index in [-0.39, 0.29) is 0 Å². The van der Waals surface area contributed by atoms with Crippen LogP contribution in [0.3, 0.4) is 0 Å². The Morgan fingerprint density at radius 3 is 2.72 bits per heavy atom. The smallest absolute Gasteiger partial charge is 0.0591 e. The van der Waals surface area contributed by atoms with Crippen LogP contribution in [0.5, 0.6) is 0 Å². The summed E-state index contributed by atoms with van der Waals surface area (Å²) in [6, 6.07) is 6.17. The van der Waals surface area contributed by atoms with Crippen molar-refractivity contribution in [2.24, 2.45) is 11.8 Å². The molecule has 0 bridgehead atoms. The van der Waals surface area contributed by atoms with Crippen molar-refractivity contribution in [3.63, 3.8) is 0 Å². The van der Waals surface area contributed by atoms with Gasteiger partial charge in [0.1, 0.15) is 0 Å². The second kappa shape index (κ2) is 5.83. The third-order valence-electron chi connectivity index (χ3n) is 4.03. The average molecular weight is 267 g/mol. The number of halogens is 1. The number of hydrogen-bond acceptors (Lipinski definition) is 2. The van der Waals surface area contributed by atoms with E-state index in [1.807, 2.05) is 18.2 Å². The average Bonchev–Trinajstić information content (AvgIpc) is 2.34. The molecule has 1 fully saturated rings. The van der Waals surface area contributed by atoms with Crippen LogP contribution in [0.1, 0.15) is 39.5 Å². The topological polar surface area (TPSA) is 38.0 Å². The highest BCUT2D eigenvalue weighted by Gasteiger charge is 2.27. The summed E-state index contributed by atoms with van der Waals surface area (Å²) >= 11 is 6.04. The lowest BCUT2D eigenvalue weighted by molar-refractivity contribution is 0.254. The number of nitrogens with one attached hydrogen (secondary N) is 1. The predicted molar refractivity (Wildman–Crippen MR) is 80.1 cm³/mol. The van der Waals surface area contributed by atoms with Gasteiger partial charge in [-0.05, 0) is 42.9 Å². The molecular formula is C15H23ClN2. The summed E-state index contributed by atoms with van der Waals surface area (Å²) in [7, 11) is 0. The number of anilines is 2. The summed E-state index contributed by atoms with van der Waals surface area (Å²) in [5.41, 5.74) is 7.78. The van der Waals surface area contributed by atoms with E-state index in [2.05, 4.69) is 19.2 Å². The van der Waals surface area contributed by atoms with Crippen molar-refractivity contribution in [2.75, 3.05) is 11.1 Å². The lowest BCUT2D eigenvalue weighted by atomic mass is 9.78. The van der Waals surface area contributed by atoms with Crippen molar-refractivity contribution in [2.45, 2.75) is 45.6 Å². The first-order chi connectivity index (χ1) is 8.58. The summed E-state index contributed by atoms with van der Waals surface area (Å²) in [6.45, 7) is 4.62. The third kappa shape index (κ3) is 3.11. The first-order valence-corrected chi connectivity index (χ1v) is 7.27. The van der Waals surface area contributed by atoms with Gasteiger partial charge >= 0.3 is 0 Å². The highest BCUT2D eigenvalue weighted by Crippen LogP contribution is 2.34. The van der Waals surface area contributed by atoms with E-state index < -0.39 is 0 Å². The van der Waals surface area contributed by atoms with Crippen LogP contribution in [0.4, 0.5) is 11.4 Å². The number of nitrogens with two attached hydrogens (primary N) is 1. The molecule has 3 heteroatoms. The summed E-state index contributed by atoms with van der Waals surface area (Å²) in [4.78, 5) is 0. The van der Waals surface area contributed by atoms with Gasteiger partial charge in [0, 0.05) is 11.1 Å². The fourth-order valence-electron chi connectivity index (χ4n) is 2.99. The van der Waals surface area contributed by atoms with Crippen molar-refractivity contribution >= 4 is 23.0 Å². The largest absolute Gasteiger partial charge is 0.397 e. The molecule has 100 valence electrons. The molecule has 2 rings (SSSR count). The highest BCUT2D eigenvalue weighted by molar-refractivity contribution is 6.31. The van der Waals surface area contributed by atoms with Gasteiger partial charge < -0.3 is 11.1 Å². The van der Waals surface area contributed by atoms with Crippen LogP contribution in [0.25, 0.3) is 0 Å². The predicted octanol–water partition coefficient (Wildman–Crippen LogP) is 4.55. The van der Waals surface area contributed by atoms with E-state index in [1.165, 1.54) is 25.7 Å². The maximum atomic E-state index is 6.04. The molecule has 3 N–H and O–H groups in total. The van der Waals surface area contributed by atoms with Crippen LogP contribution in [0, 0.1) is 11.8 Å².